The van der Waals surface area contributed by atoms with E-state index in [0.717, 1.165) is 29.8 Å². The van der Waals surface area contributed by atoms with Gasteiger partial charge < -0.3 is 5.32 Å². The lowest BCUT2D eigenvalue weighted by Crippen LogP contribution is -2.52. The summed E-state index contributed by atoms with van der Waals surface area (Å²) in [5.41, 5.74) is 0. The highest BCUT2D eigenvalue weighted by molar-refractivity contribution is 5.13. The van der Waals surface area contributed by atoms with E-state index >= 15 is 0 Å². The Morgan fingerprint density at radius 2 is 2.13 bits per heavy atom. The first-order valence-electron chi connectivity index (χ1n) is 6.75. The summed E-state index contributed by atoms with van der Waals surface area (Å²) in [6, 6.07) is 1.65. The van der Waals surface area contributed by atoms with Gasteiger partial charge in [0, 0.05) is 12.1 Å². The van der Waals surface area contributed by atoms with Crippen molar-refractivity contribution in [2.24, 2.45) is 17.8 Å². The largest absolute Gasteiger partial charge is 0.311 e. The Balaban J connectivity index is 1.51. The van der Waals surface area contributed by atoms with Crippen LogP contribution in [0.25, 0.3) is 0 Å². The quantitative estimate of drug-likeness (QED) is 0.683. The molecular formula is C14H23N. The summed E-state index contributed by atoms with van der Waals surface area (Å²) in [5.74, 6) is 2.84. The van der Waals surface area contributed by atoms with Crippen LogP contribution in [-0.2, 0) is 0 Å². The summed E-state index contributed by atoms with van der Waals surface area (Å²) < 4.78 is 0. The van der Waals surface area contributed by atoms with E-state index < -0.39 is 0 Å². The minimum absolute atomic E-state index is 0.823. The predicted octanol–water partition coefficient (Wildman–Crippen LogP) is 3.12. The molecule has 1 heteroatoms. The maximum atomic E-state index is 3.91. The third-order valence-electron chi connectivity index (χ3n) is 4.75. The second kappa shape index (κ2) is 3.93. The normalized spacial score (nSPS) is 48.7. The van der Waals surface area contributed by atoms with Crippen LogP contribution in [0.2, 0.25) is 0 Å². The van der Waals surface area contributed by atoms with Crippen molar-refractivity contribution in [2.45, 2.75) is 57.5 Å². The van der Waals surface area contributed by atoms with Gasteiger partial charge in [-0.05, 0) is 43.4 Å². The van der Waals surface area contributed by atoms with Crippen LogP contribution in [0.15, 0.2) is 12.2 Å². The molecule has 2 saturated carbocycles. The van der Waals surface area contributed by atoms with Crippen molar-refractivity contribution in [3.63, 3.8) is 0 Å². The lowest BCUT2D eigenvalue weighted by molar-refractivity contribution is 0.134. The van der Waals surface area contributed by atoms with Crippen molar-refractivity contribution in [1.82, 2.24) is 5.32 Å². The smallest absolute Gasteiger partial charge is 0.0138 e. The van der Waals surface area contributed by atoms with Gasteiger partial charge in [0.15, 0.2) is 0 Å². The van der Waals surface area contributed by atoms with Crippen LogP contribution >= 0.6 is 0 Å². The highest BCUT2D eigenvalue weighted by Gasteiger charge is 2.41. The highest BCUT2D eigenvalue weighted by atomic mass is 15.0. The van der Waals surface area contributed by atoms with E-state index in [-0.39, 0.29) is 0 Å². The standard InChI is InChI=1S/C14H23N/c1-10-4-2-6-12(8-10)15-14-9-11-5-3-7-13(11)14/h3,7,10-15H,2,4-6,8-9H2,1H3. The molecule has 0 aromatic carbocycles. The average Bonchev–Trinajstić information content (AvgIpc) is 2.56. The molecule has 1 nitrogen and oxygen atoms in total. The summed E-state index contributed by atoms with van der Waals surface area (Å²) in [5, 5.41) is 3.91. The number of fused-ring (bicyclic) bond motifs is 1. The predicted molar refractivity (Wildman–Crippen MR) is 63.7 cm³/mol. The first-order chi connectivity index (χ1) is 7.33. The number of rotatable bonds is 2. The van der Waals surface area contributed by atoms with Crippen molar-refractivity contribution in [1.29, 1.82) is 0 Å². The van der Waals surface area contributed by atoms with E-state index in [0.29, 0.717) is 0 Å². The Morgan fingerprint density at radius 3 is 2.93 bits per heavy atom. The van der Waals surface area contributed by atoms with Gasteiger partial charge in [-0.1, -0.05) is 31.9 Å². The summed E-state index contributed by atoms with van der Waals surface area (Å²) >= 11 is 0. The van der Waals surface area contributed by atoms with Crippen LogP contribution < -0.4 is 5.32 Å². The molecule has 3 aliphatic rings. The van der Waals surface area contributed by atoms with Gasteiger partial charge in [0.2, 0.25) is 0 Å². The molecule has 15 heavy (non-hydrogen) atoms. The maximum absolute atomic E-state index is 3.91. The Morgan fingerprint density at radius 1 is 1.20 bits per heavy atom. The van der Waals surface area contributed by atoms with Gasteiger partial charge in [0.05, 0.1) is 0 Å². The zero-order valence-electron chi connectivity index (χ0n) is 9.78. The van der Waals surface area contributed by atoms with Gasteiger partial charge in [-0.3, -0.25) is 0 Å². The molecule has 0 amide bonds. The zero-order chi connectivity index (χ0) is 10.3. The van der Waals surface area contributed by atoms with E-state index in [4.69, 9.17) is 0 Å². The second-order valence-corrected chi connectivity index (χ2v) is 5.98. The van der Waals surface area contributed by atoms with E-state index in [1.165, 1.54) is 38.5 Å². The third kappa shape index (κ3) is 1.87. The minimum atomic E-state index is 0.823. The van der Waals surface area contributed by atoms with E-state index in [1.807, 2.05) is 0 Å². The van der Waals surface area contributed by atoms with Gasteiger partial charge in [-0.25, -0.2) is 0 Å². The summed E-state index contributed by atoms with van der Waals surface area (Å²) in [6.07, 6.45) is 13.4. The molecule has 5 atom stereocenters. The maximum Gasteiger partial charge on any atom is 0.0138 e. The molecule has 0 heterocycles. The summed E-state index contributed by atoms with van der Waals surface area (Å²) in [6.45, 7) is 2.41. The van der Waals surface area contributed by atoms with Crippen molar-refractivity contribution in [2.75, 3.05) is 0 Å². The molecule has 0 aromatic rings. The van der Waals surface area contributed by atoms with E-state index in [1.54, 1.807) is 0 Å². The molecule has 2 fully saturated rings. The van der Waals surface area contributed by atoms with Gasteiger partial charge in [-0.15, -0.1) is 0 Å². The monoisotopic (exact) mass is 205 g/mol. The molecule has 0 spiro atoms. The first-order valence-corrected chi connectivity index (χ1v) is 6.75. The lowest BCUT2D eigenvalue weighted by Gasteiger charge is -2.44. The number of hydrogen-bond donors (Lipinski definition) is 1. The Kier molecular flexibility index (Phi) is 2.59. The summed E-state index contributed by atoms with van der Waals surface area (Å²) in [7, 11) is 0. The molecule has 0 aliphatic heterocycles. The molecule has 0 radical (unpaired) electrons. The van der Waals surface area contributed by atoms with Crippen LogP contribution in [-0.4, -0.2) is 12.1 Å². The molecule has 3 rings (SSSR count). The Labute approximate surface area is 93.3 Å². The van der Waals surface area contributed by atoms with Crippen molar-refractivity contribution >= 4 is 0 Å². The lowest BCUT2D eigenvalue weighted by atomic mass is 9.70. The third-order valence-corrected chi connectivity index (χ3v) is 4.75. The van der Waals surface area contributed by atoms with Crippen LogP contribution in [0.3, 0.4) is 0 Å². The average molecular weight is 205 g/mol. The first kappa shape index (κ1) is 9.89. The van der Waals surface area contributed by atoms with E-state index in [2.05, 4.69) is 24.4 Å². The van der Waals surface area contributed by atoms with Crippen molar-refractivity contribution in [3.05, 3.63) is 12.2 Å². The molecule has 5 unspecified atom stereocenters. The van der Waals surface area contributed by atoms with Gasteiger partial charge in [-0.2, -0.15) is 0 Å². The Bertz CT molecular complexity index is 258. The number of hydrogen-bond acceptors (Lipinski definition) is 1. The fourth-order valence-electron chi connectivity index (χ4n) is 3.80. The summed E-state index contributed by atoms with van der Waals surface area (Å²) in [4.78, 5) is 0. The molecule has 84 valence electrons. The Hall–Kier alpha value is -0.300. The molecule has 3 aliphatic carbocycles. The minimum Gasteiger partial charge on any atom is -0.311 e. The molecule has 0 aromatic heterocycles. The fraction of sp³-hybridized carbons (Fsp3) is 0.857. The van der Waals surface area contributed by atoms with E-state index in [9.17, 15) is 0 Å². The number of nitrogens with one attached hydrogen (secondary N) is 1. The van der Waals surface area contributed by atoms with Gasteiger partial charge >= 0.3 is 0 Å². The van der Waals surface area contributed by atoms with Crippen LogP contribution in [0.4, 0.5) is 0 Å². The SMILES string of the molecule is CC1CCCC(NC2CC3CC=CC32)C1. The zero-order valence-corrected chi connectivity index (χ0v) is 9.78. The number of allylic oxidation sites excluding steroid dienone is 1. The fourth-order valence-corrected chi connectivity index (χ4v) is 3.80. The molecular weight excluding hydrogens is 182 g/mol. The van der Waals surface area contributed by atoms with Crippen LogP contribution in [0.5, 0.6) is 0 Å². The van der Waals surface area contributed by atoms with Gasteiger partial charge in [0.1, 0.15) is 0 Å². The van der Waals surface area contributed by atoms with Crippen molar-refractivity contribution < 1.29 is 0 Å². The molecule has 0 saturated heterocycles. The van der Waals surface area contributed by atoms with Crippen LogP contribution in [0, 0.1) is 17.8 Å². The molecule has 1 N–H and O–H groups in total. The van der Waals surface area contributed by atoms with Crippen molar-refractivity contribution in [3.8, 4) is 0 Å². The topological polar surface area (TPSA) is 12.0 Å². The van der Waals surface area contributed by atoms with Crippen LogP contribution in [0.1, 0.15) is 45.4 Å². The second-order valence-electron chi connectivity index (χ2n) is 5.98. The highest BCUT2D eigenvalue weighted by Crippen LogP contribution is 2.43. The molecule has 0 bridgehead atoms. The van der Waals surface area contributed by atoms with Gasteiger partial charge in [0.25, 0.3) is 0 Å².